The molecule has 0 fully saturated rings. The molecule has 1 N–H and O–H groups in total. The van der Waals surface area contributed by atoms with E-state index in [-0.39, 0.29) is 24.5 Å². The molecule has 0 aliphatic carbocycles. The summed E-state index contributed by atoms with van der Waals surface area (Å²) < 4.78 is 49.4. The van der Waals surface area contributed by atoms with E-state index in [0.717, 1.165) is 18.6 Å². The third-order valence-electron chi connectivity index (χ3n) is 4.40. The highest BCUT2D eigenvalue weighted by molar-refractivity contribution is 5.99. The number of rotatable bonds is 10. The maximum Gasteiger partial charge on any atom is 0.416 e. The number of benzene rings is 2. The molecule has 0 aliphatic rings. The topological polar surface area (TPSA) is 94.2 Å². The number of carboxylic acid groups (broad SMARTS) is 1. The molecule has 0 spiro atoms. The molecule has 7 nitrogen and oxygen atoms in total. The van der Waals surface area contributed by atoms with Crippen LogP contribution in [0.2, 0.25) is 0 Å². The van der Waals surface area contributed by atoms with Crippen molar-refractivity contribution in [2.75, 3.05) is 13.2 Å². The number of aliphatic carboxylic acids is 1. The monoisotopic (exact) mass is 462 g/mol. The van der Waals surface area contributed by atoms with Crippen LogP contribution in [0.15, 0.2) is 64.3 Å². The van der Waals surface area contributed by atoms with Gasteiger partial charge in [0.2, 0.25) is 0 Å². The molecule has 10 heteroatoms. The zero-order valence-corrected chi connectivity index (χ0v) is 17.6. The van der Waals surface area contributed by atoms with Crippen molar-refractivity contribution in [2.45, 2.75) is 25.9 Å². The number of hydrogen-bond donors (Lipinski definition) is 1. The van der Waals surface area contributed by atoms with E-state index in [2.05, 4.69) is 10.3 Å². The molecule has 174 valence electrons. The molecule has 0 atom stereocenters. The summed E-state index contributed by atoms with van der Waals surface area (Å²) in [5, 5.41) is 16.9. The van der Waals surface area contributed by atoms with Crippen LogP contribution in [0.1, 0.15) is 30.2 Å². The molecule has 1 heterocycles. The molecule has 33 heavy (non-hydrogen) atoms. The Morgan fingerprint density at radius 1 is 1.15 bits per heavy atom. The van der Waals surface area contributed by atoms with E-state index >= 15 is 0 Å². The van der Waals surface area contributed by atoms with Crippen molar-refractivity contribution in [3.63, 3.8) is 0 Å². The molecular weight excluding hydrogens is 441 g/mol. The molecular formula is C23H21F3N2O5. The van der Waals surface area contributed by atoms with Crippen molar-refractivity contribution in [2.24, 2.45) is 5.16 Å². The summed E-state index contributed by atoms with van der Waals surface area (Å²) in [4.78, 5) is 16.2. The van der Waals surface area contributed by atoms with Crippen molar-refractivity contribution in [1.82, 2.24) is 5.16 Å². The summed E-state index contributed by atoms with van der Waals surface area (Å²) in [6.07, 6.45) is -3.85. The Morgan fingerprint density at radius 2 is 1.91 bits per heavy atom. The van der Waals surface area contributed by atoms with Gasteiger partial charge in [-0.3, -0.25) is 4.79 Å². The zero-order valence-electron chi connectivity index (χ0n) is 17.6. The number of hydrogen-bond acceptors (Lipinski definition) is 6. The lowest BCUT2D eigenvalue weighted by atomic mass is 10.1. The van der Waals surface area contributed by atoms with Crippen LogP contribution in [0.3, 0.4) is 0 Å². The quantitative estimate of drug-likeness (QED) is 0.253. The summed E-state index contributed by atoms with van der Waals surface area (Å²) >= 11 is 0. The first kappa shape index (κ1) is 23.8. The van der Waals surface area contributed by atoms with Gasteiger partial charge in [-0.25, -0.2) is 0 Å². The number of nitrogens with zero attached hydrogens (tertiary/aromatic N) is 2. The average Bonchev–Trinajstić information content (AvgIpc) is 3.25. The number of aromatic nitrogens is 1. The lowest BCUT2D eigenvalue weighted by Gasteiger charge is -2.08. The van der Waals surface area contributed by atoms with Gasteiger partial charge in [-0.15, -0.1) is 0 Å². The number of carboxylic acids is 1. The number of halogens is 3. The van der Waals surface area contributed by atoms with Crippen LogP contribution in [0.25, 0.3) is 11.3 Å². The first-order chi connectivity index (χ1) is 15.8. The Kier molecular flexibility index (Phi) is 7.70. The number of alkyl halides is 3. The largest absolute Gasteiger partial charge is 0.487 e. The maximum atomic E-state index is 12.8. The van der Waals surface area contributed by atoms with Gasteiger partial charge in [-0.05, 0) is 36.2 Å². The van der Waals surface area contributed by atoms with Crippen molar-refractivity contribution in [1.29, 1.82) is 0 Å². The maximum absolute atomic E-state index is 12.8. The summed E-state index contributed by atoms with van der Waals surface area (Å²) in [6, 6.07) is 12.7. The number of ether oxygens (including phenoxy) is 1. The predicted octanol–water partition coefficient (Wildman–Crippen LogP) is 5.20. The number of carbonyl (C=O) groups is 1. The van der Waals surface area contributed by atoms with Gasteiger partial charge < -0.3 is 19.2 Å². The minimum atomic E-state index is -4.43. The van der Waals surface area contributed by atoms with Crippen LogP contribution in [0.5, 0.6) is 5.75 Å². The Hall–Kier alpha value is -3.82. The van der Waals surface area contributed by atoms with Crippen molar-refractivity contribution in [3.8, 4) is 17.0 Å². The molecule has 0 saturated heterocycles. The summed E-state index contributed by atoms with van der Waals surface area (Å²) in [7, 11) is 0. The third-order valence-corrected chi connectivity index (χ3v) is 4.40. The summed E-state index contributed by atoms with van der Waals surface area (Å²) in [6.45, 7) is 2.20. The van der Waals surface area contributed by atoms with Crippen LogP contribution in [0.4, 0.5) is 13.2 Å². The van der Waals surface area contributed by atoms with E-state index in [1.165, 1.54) is 18.2 Å². The zero-order chi connectivity index (χ0) is 23.8. The second kappa shape index (κ2) is 10.7. The molecule has 0 saturated carbocycles. The van der Waals surface area contributed by atoms with Gasteiger partial charge in [0.1, 0.15) is 24.7 Å². The average molecular weight is 462 g/mol. The second-order valence-electron chi connectivity index (χ2n) is 7.03. The van der Waals surface area contributed by atoms with Gasteiger partial charge in [-0.2, -0.15) is 13.2 Å². The van der Waals surface area contributed by atoms with Crippen LogP contribution >= 0.6 is 0 Å². The second-order valence-corrected chi connectivity index (χ2v) is 7.03. The van der Waals surface area contributed by atoms with Crippen molar-refractivity contribution >= 4 is 11.7 Å². The molecule has 0 amide bonds. The van der Waals surface area contributed by atoms with Crippen LogP contribution in [0, 0.1) is 0 Å². The van der Waals surface area contributed by atoms with Gasteiger partial charge in [-0.1, -0.05) is 41.5 Å². The van der Waals surface area contributed by atoms with Crippen molar-refractivity contribution in [3.05, 3.63) is 71.5 Å². The first-order valence-electron chi connectivity index (χ1n) is 10.0. The molecule has 3 aromatic rings. The van der Waals surface area contributed by atoms with E-state index in [1.807, 2.05) is 6.92 Å². The van der Waals surface area contributed by atoms with E-state index in [4.69, 9.17) is 19.2 Å². The highest BCUT2D eigenvalue weighted by Crippen LogP contribution is 2.31. The minimum Gasteiger partial charge on any atom is -0.487 e. The third kappa shape index (κ3) is 6.83. The van der Waals surface area contributed by atoms with E-state index in [0.29, 0.717) is 29.2 Å². The van der Waals surface area contributed by atoms with Crippen molar-refractivity contribution < 1.29 is 37.2 Å². The molecule has 0 bridgehead atoms. The van der Waals surface area contributed by atoms with E-state index < -0.39 is 17.7 Å². The Bertz CT molecular complexity index is 1110. The normalized spacial score (nSPS) is 11.9. The molecule has 3 rings (SSSR count). The smallest absolute Gasteiger partial charge is 0.416 e. The van der Waals surface area contributed by atoms with Crippen LogP contribution < -0.4 is 4.74 Å². The fraction of sp³-hybridized carbons (Fsp3) is 0.261. The predicted molar refractivity (Wildman–Crippen MR) is 113 cm³/mol. The van der Waals surface area contributed by atoms with Gasteiger partial charge in [0, 0.05) is 11.6 Å². The standard InChI is InChI=1S/C23H21F3N2O5/c1-2-10-32-27-20(14-31-18-5-3-4-15(11-18)12-22(29)30)21-13-19(28-33-21)16-6-8-17(9-7-16)23(24,25)26/h3-9,11,13H,2,10,12,14H2,1H3,(H,29,30). The van der Waals surface area contributed by atoms with Gasteiger partial charge in [0.05, 0.1) is 12.0 Å². The van der Waals surface area contributed by atoms with E-state index in [1.54, 1.807) is 24.3 Å². The summed E-state index contributed by atoms with van der Waals surface area (Å²) in [5.74, 6) is -0.304. The highest BCUT2D eigenvalue weighted by atomic mass is 19.4. The fourth-order valence-electron chi connectivity index (χ4n) is 2.81. The van der Waals surface area contributed by atoms with E-state index in [9.17, 15) is 18.0 Å². The lowest BCUT2D eigenvalue weighted by Crippen LogP contribution is -2.13. The highest BCUT2D eigenvalue weighted by Gasteiger charge is 2.30. The van der Waals surface area contributed by atoms with Crippen LogP contribution in [-0.4, -0.2) is 35.2 Å². The molecule has 0 radical (unpaired) electrons. The molecule has 0 aliphatic heterocycles. The molecule has 1 aromatic heterocycles. The number of oxime groups is 1. The Morgan fingerprint density at radius 3 is 2.58 bits per heavy atom. The molecule has 2 aromatic carbocycles. The summed E-state index contributed by atoms with van der Waals surface area (Å²) in [5.41, 5.74) is 0.853. The lowest BCUT2D eigenvalue weighted by molar-refractivity contribution is -0.138. The Labute approximate surface area is 187 Å². The first-order valence-corrected chi connectivity index (χ1v) is 10.0. The van der Waals surface area contributed by atoms with Gasteiger partial charge in [0.15, 0.2) is 11.5 Å². The fourth-order valence-corrected chi connectivity index (χ4v) is 2.81. The van der Waals surface area contributed by atoms with Gasteiger partial charge in [0.25, 0.3) is 0 Å². The van der Waals surface area contributed by atoms with Crippen LogP contribution in [-0.2, 0) is 22.2 Å². The Balaban J connectivity index is 1.77. The molecule has 0 unspecified atom stereocenters. The SMILES string of the molecule is CCCON=C(COc1cccc(CC(=O)O)c1)c1cc(-c2ccc(C(F)(F)F)cc2)no1. The minimum absolute atomic E-state index is 0.0676. The van der Waals surface area contributed by atoms with Gasteiger partial charge >= 0.3 is 12.1 Å².